The topological polar surface area (TPSA) is 83.6 Å². The van der Waals surface area contributed by atoms with Gasteiger partial charge < -0.3 is 54.4 Å². The summed E-state index contributed by atoms with van der Waals surface area (Å²) >= 11 is 0. The number of nitrogens with zero attached hydrogens (tertiary/aromatic N) is 2. The third-order valence-electron chi connectivity index (χ3n) is 2.39. The Morgan fingerprint density at radius 2 is 1.78 bits per heavy atom. The molecule has 0 radical (unpaired) electrons. The summed E-state index contributed by atoms with van der Waals surface area (Å²) in [5.41, 5.74) is 0.0795. The molecule has 0 saturated heterocycles. The van der Waals surface area contributed by atoms with Gasteiger partial charge >= 0.3 is 25.2 Å². The van der Waals surface area contributed by atoms with Gasteiger partial charge in [0, 0.05) is 6.54 Å². The summed E-state index contributed by atoms with van der Waals surface area (Å²) in [6.07, 6.45) is 1.68. The molecule has 0 aromatic heterocycles. The van der Waals surface area contributed by atoms with E-state index in [-0.39, 0.29) is 79.7 Å². The summed E-state index contributed by atoms with van der Waals surface area (Å²) in [5, 5.41) is 8.78. The second-order valence-electron chi connectivity index (χ2n) is 3.68. The Bertz CT molecular complexity index is 570. The van der Waals surface area contributed by atoms with Crippen LogP contribution in [-0.4, -0.2) is 22.1 Å². The number of methoxy groups -OCH3 is 1. The van der Waals surface area contributed by atoms with Crippen molar-refractivity contribution in [2.24, 2.45) is 0 Å². The van der Waals surface area contributed by atoms with E-state index >= 15 is 0 Å². The normalized spacial score (nSPS) is 8.57. The van der Waals surface area contributed by atoms with Crippen LogP contribution in [0.25, 0.3) is 4.98 Å². The number of hydrogen-bond donors (Lipinski definition) is 1. The molecule has 1 N–H and O–H groups in total. The van der Waals surface area contributed by atoms with Gasteiger partial charge in [-0.1, -0.05) is 13.3 Å². The largest absolute Gasteiger partial charge is 2.00 e. The van der Waals surface area contributed by atoms with E-state index in [1.54, 1.807) is 0 Å². The minimum atomic E-state index is -3.57. The van der Waals surface area contributed by atoms with Crippen molar-refractivity contribution in [2.45, 2.75) is 24.7 Å². The van der Waals surface area contributed by atoms with Crippen LogP contribution in [-0.2, 0) is 29.5 Å². The van der Waals surface area contributed by atoms with Crippen molar-refractivity contribution in [3.63, 3.8) is 0 Å². The Kier molecular flexibility index (Phi) is 25.4. The molecular formula is C11H16Cl4N3O3SZn-. The molecule has 6 nitrogen and oxygen atoms in total. The van der Waals surface area contributed by atoms with E-state index in [0.717, 1.165) is 12.8 Å². The quantitative estimate of drug-likeness (QED) is 0.251. The summed E-state index contributed by atoms with van der Waals surface area (Å²) in [7, 11) is -2.15. The molecular weight excluding hydrogens is 461 g/mol. The first-order valence-corrected chi connectivity index (χ1v) is 7.06. The molecule has 0 amide bonds. The number of benzene rings is 1. The Morgan fingerprint density at radius 1 is 1.22 bits per heavy atom. The Hall–Kier alpha value is 0.133. The van der Waals surface area contributed by atoms with E-state index in [1.807, 2.05) is 6.92 Å². The zero-order chi connectivity index (χ0) is 13.6. The van der Waals surface area contributed by atoms with Gasteiger partial charge in [0.05, 0.1) is 18.1 Å². The third kappa shape index (κ3) is 10.6. The fourth-order valence-electron chi connectivity index (χ4n) is 1.38. The fourth-order valence-corrected chi connectivity index (χ4v) is 2.48. The Labute approximate surface area is 174 Å². The van der Waals surface area contributed by atoms with Gasteiger partial charge in [-0.3, -0.25) is 0 Å². The van der Waals surface area contributed by atoms with E-state index in [1.165, 1.54) is 25.3 Å². The van der Waals surface area contributed by atoms with Gasteiger partial charge in [-0.25, -0.2) is 13.1 Å². The molecule has 1 aromatic carbocycles. The van der Waals surface area contributed by atoms with Crippen molar-refractivity contribution in [1.29, 1.82) is 5.39 Å². The standard InChI is InChI=1S/C11H16N3O3S.4ClH.Zn/c1-3-4-7-13-18(15,16)9-5-6-11(17-2)10(8-9)14-12;;;;;/h5-6,8,13H,3-4,7H2,1-2H3;4*1H;/q+1;;;;;+2/p-4. The molecule has 0 fully saturated rings. The number of hydrogen-bond acceptors (Lipinski definition) is 4. The van der Waals surface area contributed by atoms with Crippen LogP contribution in [0.3, 0.4) is 0 Å². The molecule has 1 rings (SSSR count). The fraction of sp³-hybridized carbons (Fsp3) is 0.455. The molecule has 0 aliphatic heterocycles. The van der Waals surface area contributed by atoms with Crippen molar-refractivity contribution in [3.05, 3.63) is 23.2 Å². The van der Waals surface area contributed by atoms with Gasteiger partial charge in [-0.05, 0) is 18.6 Å². The summed E-state index contributed by atoms with van der Waals surface area (Å²) in [5.74, 6) is 0.310. The number of rotatable bonds is 6. The molecule has 0 heterocycles. The number of halogens is 4. The summed E-state index contributed by atoms with van der Waals surface area (Å²) in [6, 6.07) is 4.11. The van der Waals surface area contributed by atoms with Gasteiger partial charge in [0.15, 0.2) is 4.98 Å². The first-order chi connectivity index (χ1) is 8.55. The summed E-state index contributed by atoms with van der Waals surface area (Å²) in [6.45, 7) is 2.36. The van der Waals surface area contributed by atoms with Crippen LogP contribution < -0.4 is 59.1 Å². The van der Waals surface area contributed by atoms with Crippen LogP contribution >= 0.6 is 0 Å². The monoisotopic (exact) mass is 474 g/mol. The number of diazo groups is 1. The minimum absolute atomic E-state index is 0. The van der Waals surface area contributed by atoms with Crippen molar-refractivity contribution >= 4 is 15.7 Å². The molecule has 0 spiro atoms. The third-order valence-corrected chi connectivity index (χ3v) is 3.85. The maximum absolute atomic E-state index is 11.9. The molecule has 0 atom stereocenters. The average molecular weight is 478 g/mol. The van der Waals surface area contributed by atoms with Crippen molar-refractivity contribution in [2.75, 3.05) is 13.7 Å². The zero-order valence-corrected chi connectivity index (χ0v) is 19.4. The van der Waals surface area contributed by atoms with Crippen LogP contribution in [0.4, 0.5) is 5.69 Å². The van der Waals surface area contributed by atoms with Gasteiger partial charge in [-0.15, -0.1) is 0 Å². The van der Waals surface area contributed by atoms with Crippen LogP contribution in [0.5, 0.6) is 5.75 Å². The van der Waals surface area contributed by atoms with Gasteiger partial charge in [0.25, 0.3) is 0 Å². The van der Waals surface area contributed by atoms with E-state index in [2.05, 4.69) is 9.70 Å². The van der Waals surface area contributed by atoms with E-state index < -0.39 is 10.0 Å². The molecule has 0 unspecified atom stereocenters. The van der Waals surface area contributed by atoms with E-state index in [9.17, 15) is 8.42 Å². The maximum atomic E-state index is 11.9. The second kappa shape index (κ2) is 17.0. The SMILES string of the molecule is CCCCNS(=O)(=O)c1ccc(OC)c([N+]#N)c1.[Cl-].[Cl-].[Cl-].[Cl-].[Zn+2]. The number of sulfonamides is 1. The second-order valence-corrected chi connectivity index (χ2v) is 5.45. The first-order valence-electron chi connectivity index (χ1n) is 5.58. The van der Waals surface area contributed by atoms with Gasteiger partial charge in [0.2, 0.25) is 21.2 Å². The summed E-state index contributed by atoms with van der Waals surface area (Å²) in [4.78, 5) is 3.04. The molecule has 0 bridgehead atoms. The van der Waals surface area contributed by atoms with Crippen LogP contribution in [0.15, 0.2) is 23.1 Å². The maximum Gasteiger partial charge on any atom is 2.00 e. The van der Waals surface area contributed by atoms with Crippen molar-refractivity contribution < 1.29 is 82.3 Å². The number of ether oxygens (including phenoxy) is 1. The van der Waals surface area contributed by atoms with Crippen LogP contribution in [0, 0.1) is 5.39 Å². The Balaban J connectivity index is -0.000000216. The number of unbranched alkanes of at least 4 members (excludes halogenated alkanes) is 1. The zero-order valence-electron chi connectivity index (χ0n) is 12.6. The number of nitrogens with one attached hydrogen (secondary N) is 1. The van der Waals surface area contributed by atoms with Gasteiger partial charge in [-0.2, -0.15) is 0 Å². The average Bonchev–Trinajstić information content (AvgIpc) is 2.38. The molecule has 1 aromatic rings. The van der Waals surface area contributed by atoms with E-state index in [4.69, 9.17) is 10.1 Å². The predicted octanol–water partition coefficient (Wildman–Crippen LogP) is -9.73. The molecule has 0 aliphatic carbocycles. The van der Waals surface area contributed by atoms with Crippen LogP contribution in [0.2, 0.25) is 0 Å². The van der Waals surface area contributed by atoms with Crippen molar-refractivity contribution in [1.82, 2.24) is 4.72 Å². The molecule has 0 aliphatic rings. The Morgan fingerprint density at radius 3 is 2.22 bits per heavy atom. The molecule has 130 valence electrons. The smallest absolute Gasteiger partial charge is 1.00 e. The minimum Gasteiger partial charge on any atom is -1.00 e. The molecule has 23 heavy (non-hydrogen) atoms. The molecule has 12 heteroatoms. The molecule has 0 saturated carbocycles. The first kappa shape index (κ1) is 34.5. The van der Waals surface area contributed by atoms with Gasteiger partial charge in [0.1, 0.15) is 0 Å². The van der Waals surface area contributed by atoms with Crippen molar-refractivity contribution in [3.8, 4) is 5.75 Å². The predicted molar refractivity (Wildman–Crippen MR) is 67.8 cm³/mol. The van der Waals surface area contributed by atoms with E-state index in [0.29, 0.717) is 12.3 Å². The van der Waals surface area contributed by atoms with Crippen LogP contribution in [0.1, 0.15) is 19.8 Å². The summed E-state index contributed by atoms with van der Waals surface area (Å²) < 4.78 is 31.2.